The van der Waals surface area contributed by atoms with Gasteiger partial charge in [-0.05, 0) is 30.5 Å². The van der Waals surface area contributed by atoms with Crippen LogP contribution < -0.4 is 4.74 Å². The number of aryl methyl sites for hydroxylation is 1. The van der Waals surface area contributed by atoms with Crippen molar-refractivity contribution >= 4 is 5.69 Å². The number of hydrogen-bond acceptors (Lipinski definition) is 3. The molecule has 0 aromatic heterocycles. The summed E-state index contributed by atoms with van der Waals surface area (Å²) in [5.41, 5.74) is 1.37. The van der Waals surface area contributed by atoms with Gasteiger partial charge in [0.2, 0.25) is 0 Å². The Hall–Kier alpha value is -2.36. The number of non-ortho nitro benzene ring substituents is 1. The minimum absolute atomic E-state index is 0.0802. The molecule has 98 valence electrons. The van der Waals surface area contributed by atoms with Crippen LogP contribution in [-0.4, -0.2) is 11.5 Å². The third-order valence-corrected chi connectivity index (χ3v) is 2.77. The molecule has 0 N–H and O–H groups in total. The molecule has 0 aliphatic heterocycles. The minimum atomic E-state index is -0.417. The van der Waals surface area contributed by atoms with Gasteiger partial charge in [-0.1, -0.05) is 30.3 Å². The first-order chi connectivity index (χ1) is 9.25. The fraction of sp³-hybridized carbons (Fsp3) is 0.200. The van der Waals surface area contributed by atoms with E-state index in [0.29, 0.717) is 12.4 Å². The van der Waals surface area contributed by atoms with E-state index in [1.165, 1.54) is 17.7 Å². The second kappa shape index (κ2) is 6.54. The third-order valence-electron chi connectivity index (χ3n) is 2.77. The van der Waals surface area contributed by atoms with Crippen molar-refractivity contribution in [2.24, 2.45) is 0 Å². The predicted octanol–water partition coefficient (Wildman–Crippen LogP) is 3.61. The van der Waals surface area contributed by atoms with Crippen LogP contribution in [0.5, 0.6) is 5.75 Å². The highest BCUT2D eigenvalue weighted by Gasteiger charge is 2.04. The summed E-state index contributed by atoms with van der Waals surface area (Å²) in [5.74, 6) is 0.665. The molecule has 2 aromatic rings. The van der Waals surface area contributed by atoms with Gasteiger partial charge in [-0.15, -0.1) is 0 Å². The fourth-order valence-electron chi connectivity index (χ4n) is 1.78. The van der Waals surface area contributed by atoms with E-state index in [0.717, 1.165) is 12.8 Å². The van der Waals surface area contributed by atoms with E-state index in [4.69, 9.17) is 4.74 Å². The molecular formula is C15H15NO3. The topological polar surface area (TPSA) is 52.4 Å². The lowest BCUT2D eigenvalue weighted by Gasteiger charge is -2.05. The first-order valence-corrected chi connectivity index (χ1v) is 6.17. The molecule has 0 fully saturated rings. The molecule has 0 spiro atoms. The smallest absolute Gasteiger partial charge is 0.269 e. The number of hydrogen-bond donors (Lipinski definition) is 0. The van der Waals surface area contributed by atoms with Crippen LogP contribution in [0.25, 0.3) is 0 Å². The van der Waals surface area contributed by atoms with Crippen molar-refractivity contribution in [2.45, 2.75) is 12.8 Å². The molecule has 0 atom stereocenters. The monoisotopic (exact) mass is 257 g/mol. The highest BCUT2D eigenvalue weighted by atomic mass is 16.6. The lowest BCUT2D eigenvalue weighted by atomic mass is 10.1. The number of ether oxygens (including phenoxy) is 1. The quantitative estimate of drug-likeness (QED) is 0.451. The third kappa shape index (κ3) is 4.10. The van der Waals surface area contributed by atoms with Crippen LogP contribution in [0, 0.1) is 10.1 Å². The Morgan fingerprint density at radius 1 is 1.00 bits per heavy atom. The SMILES string of the molecule is O=[N+]([O-])c1ccc(OCCCc2ccccc2)cc1. The summed E-state index contributed by atoms with van der Waals surface area (Å²) in [7, 11) is 0. The predicted molar refractivity (Wildman–Crippen MR) is 73.4 cm³/mol. The lowest BCUT2D eigenvalue weighted by Crippen LogP contribution is -1.99. The fourth-order valence-corrected chi connectivity index (χ4v) is 1.78. The molecule has 0 unspecified atom stereocenters. The average Bonchev–Trinajstić information content (AvgIpc) is 2.45. The molecule has 4 heteroatoms. The van der Waals surface area contributed by atoms with Gasteiger partial charge in [0, 0.05) is 12.1 Å². The van der Waals surface area contributed by atoms with E-state index in [-0.39, 0.29) is 5.69 Å². The first-order valence-electron chi connectivity index (χ1n) is 6.17. The van der Waals surface area contributed by atoms with Gasteiger partial charge in [0.1, 0.15) is 5.75 Å². The first kappa shape index (κ1) is 13.1. The number of benzene rings is 2. The second-order valence-corrected chi connectivity index (χ2v) is 4.19. The number of nitro benzene ring substituents is 1. The molecular weight excluding hydrogens is 242 g/mol. The van der Waals surface area contributed by atoms with Crippen molar-refractivity contribution in [1.29, 1.82) is 0 Å². The van der Waals surface area contributed by atoms with E-state index in [2.05, 4.69) is 12.1 Å². The summed E-state index contributed by atoms with van der Waals surface area (Å²) in [4.78, 5) is 10.1. The maximum atomic E-state index is 10.5. The van der Waals surface area contributed by atoms with E-state index in [9.17, 15) is 10.1 Å². The molecule has 0 saturated carbocycles. The van der Waals surface area contributed by atoms with Gasteiger partial charge in [-0.2, -0.15) is 0 Å². The Morgan fingerprint density at radius 3 is 2.32 bits per heavy atom. The van der Waals surface area contributed by atoms with Crippen molar-refractivity contribution in [3.8, 4) is 5.75 Å². The molecule has 0 saturated heterocycles. The Kier molecular flexibility index (Phi) is 4.50. The molecule has 0 amide bonds. The zero-order valence-corrected chi connectivity index (χ0v) is 10.5. The molecule has 2 rings (SSSR count). The zero-order chi connectivity index (χ0) is 13.5. The van der Waals surface area contributed by atoms with E-state index < -0.39 is 4.92 Å². The number of nitrogens with zero attached hydrogens (tertiary/aromatic N) is 1. The maximum Gasteiger partial charge on any atom is 0.269 e. The van der Waals surface area contributed by atoms with Crippen LogP contribution in [-0.2, 0) is 6.42 Å². The maximum absolute atomic E-state index is 10.5. The van der Waals surface area contributed by atoms with E-state index in [1.54, 1.807) is 12.1 Å². The zero-order valence-electron chi connectivity index (χ0n) is 10.5. The summed E-state index contributed by atoms with van der Waals surface area (Å²) in [6, 6.07) is 16.4. The molecule has 0 radical (unpaired) electrons. The van der Waals surface area contributed by atoms with Gasteiger partial charge in [-0.3, -0.25) is 10.1 Å². The van der Waals surface area contributed by atoms with Gasteiger partial charge in [0.05, 0.1) is 11.5 Å². The number of nitro groups is 1. The second-order valence-electron chi connectivity index (χ2n) is 4.19. The van der Waals surface area contributed by atoms with Gasteiger partial charge in [0.25, 0.3) is 5.69 Å². The van der Waals surface area contributed by atoms with Crippen LogP contribution in [0.1, 0.15) is 12.0 Å². The average molecular weight is 257 g/mol. The molecule has 0 bridgehead atoms. The normalized spacial score (nSPS) is 10.1. The van der Waals surface area contributed by atoms with Crippen LogP contribution in [0.3, 0.4) is 0 Å². The Bertz CT molecular complexity index is 523. The Balaban J connectivity index is 1.75. The standard InChI is InChI=1S/C15H15NO3/c17-16(18)14-8-10-15(11-9-14)19-12-4-7-13-5-2-1-3-6-13/h1-3,5-6,8-11H,4,7,12H2. The highest BCUT2D eigenvalue weighted by molar-refractivity contribution is 5.35. The Labute approximate surface area is 111 Å². The van der Waals surface area contributed by atoms with Crippen LogP contribution in [0.2, 0.25) is 0 Å². The summed E-state index contributed by atoms with van der Waals surface area (Å²) in [5, 5.41) is 10.5. The minimum Gasteiger partial charge on any atom is -0.494 e. The van der Waals surface area contributed by atoms with Crippen molar-refractivity contribution in [3.63, 3.8) is 0 Å². The highest BCUT2D eigenvalue weighted by Crippen LogP contribution is 2.17. The summed E-state index contributed by atoms with van der Waals surface area (Å²) in [6.07, 6.45) is 1.88. The molecule has 19 heavy (non-hydrogen) atoms. The van der Waals surface area contributed by atoms with Crippen molar-refractivity contribution in [1.82, 2.24) is 0 Å². The molecule has 4 nitrogen and oxygen atoms in total. The van der Waals surface area contributed by atoms with Gasteiger partial charge in [0.15, 0.2) is 0 Å². The van der Waals surface area contributed by atoms with Gasteiger partial charge >= 0.3 is 0 Å². The Morgan fingerprint density at radius 2 is 1.68 bits per heavy atom. The van der Waals surface area contributed by atoms with Crippen molar-refractivity contribution in [2.75, 3.05) is 6.61 Å². The lowest BCUT2D eigenvalue weighted by molar-refractivity contribution is -0.384. The largest absolute Gasteiger partial charge is 0.494 e. The summed E-state index contributed by atoms with van der Waals surface area (Å²) < 4.78 is 5.54. The van der Waals surface area contributed by atoms with Gasteiger partial charge < -0.3 is 4.74 Å². The van der Waals surface area contributed by atoms with E-state index >= 15 is 0 Å². The van der Waals surface area contributed by atoms with Crippen LogP contribution >= 0.6 is 0 Å². The van der Waals surface area contributed by atoms with Crippen molar-refractivity contribution in [3.05, 3.63) is 70.3 Å². The number of rotatable bonds is 6. The van der Waals surface area contributed by atoms with E-state index in [1.807, 2.05) is 18.2 Å². The van der Waals surface area contributed by atoms with Gasteiger partial charge in [-0.25, -0.2) is 0 Å². The van der Waals surface area contributed by atoms with Crippen LogP contribution in [0.4, 0.5) is 5.69 Å². The van der Waals surface area contributed by atoms with Crippen molar-refractivity contribution < 1.29 is 9.66 Å². The van der Waals surface area contributed by atoms with Crippen LogP contribution in [0.15, 0.2) is 54.6 Å². The molecule has 0 aliphatic rings. The summed E-state index contributed by atoms with van der Waals surface area (Å²) in [6.45, 7) is 0.604. The molecule has 0 aliphatic carbocycles. The molecule has 2 aromatic carbocycles. The molecule has 0 heterocycles. The summed E-state index contributed by atoms with van der Waals surface area (Å²) >= 11 is 0.